The number of amides is 1. The van der Waals surface area contributed by atoms with Crippen LogP contribution in [0.5, 0.6) is 0 Å². The summed E-state index contributed by atoms with van der Waals surface area (Å²) in [6.45, 7) is 1.37. The molecule has 1 aromatic carbocycles. The van der Waals surface area contributed by atoms with Crippen LogP contribution >= 0.6 is 12.4 Å². The molecule has 1 aliphatic heterocycles. The first-order valence-corrected chi connectivity index (χ1v) is 6.44. The molecule has 1 fully saturated rings. The van der Waals surface area contributed by atoms with Crippen molar-refractivity contribution in [3.8, 4) is 0 Å². The van der Waals surface area contributed by atoms with Crippen LogP contribution in [0.1, 0.15) is 18.4 Å². The van der Waals surface area contributed by atoms with Crippen molar-refractivity contribution in [1.29, 1.82) is 0 Å². The summed E-state index contributed by atoms with van der Waals surface area (Å²) in [6.07, 6.45) is 2.83. The Bertz CT molecular complexity index is 380. The summed E-state index contributed by atoms with van der Waals surface area (Å²) in [5.74, 6) is -0.102. The minimum absolute atomic E-state index is 0. The summed E-state index contributed by atoms with van der Waals surface area (Å²) < 4.78 is 5.45. The highest BCUT2D eigenvalue weighted by Crippen LogP contribution is 2.10. The minimum atomic E-state index is -0.492. The number of ether oxygens (including phenoxy) is 1. The van der Waals surface area contributed by atoms with E-state index in [1.165, 1.54) is 0 Å². The maximum atomic E-state index is 11.8. The van der Waals surface area contributed by atoms with E-state index in [4.69, 9.17) is 10.5 Å². The molecule has 0 saturated carbocycles. The Kier molecular flexibility index (Phi) is 6.84. The molecule has 1 aromatic rings. The number of carbonyl (C=O) groups excluding carboxylic acids is 1. The van der Waals surface area contributed by atoms with Gasteiger partial charge in [-0.2, -0.15) is 0 Å². The molecule has 2 atom stereocenters. The van der Waals surface area contributed by atoms with Crippen LogP contribution in [0.2, 0.25) is 0 Å². The van der Waals surface area contributed by atoms with Crippen molar-refractivity contribution in [2.24, 2.45) is 5.73 Å². The van der Waals surface area contributed by atoms with Crippen LogP contribution in [0.15, 0.2) is 30.3 Å². The first kappa shape index (κ1) is 16.0. The summed E-state index contributed by atoms with van der Waals surface area (Å²) in [5, 5.41) is 2.86. The van der Waals surface area contributed by atoms with E-state index in [2.05, 4.69) is 5.32 Å². The number of carbonyl (C=O) groups is 1. The Balaban J connectivity index is 0.00000180. The second kappa shape index (κ2) is 8.15. The lowest BCUT2D eigenvalue weighted by molar-refractivity contribution is -0.122. The monoisotopic (exact) mass is 284 g/mol. The lowest BCUT2D eigenvalue weighted by atomic mass is 10.1. The van der Waals surface area contributed by atoms with Gasteiger partial charge in [0.2, 0.25) is 5.91 Å². The zero-order valence-electron chi connectivity index (χ0n) is 10.9. The molecule has 5 heteroatoms. The topological polar surface area (TPSA) is 64.4 Å². The number of nitrogens with one attached hydrogen (secondary N) is 1. The summed E-state index contributed by atoms with van der Waals surface area (Å²) in [6, 6.07) is 9.32. The van der Waals surface area contributed by atoms with Crippen LogP contribution in [0, 0.1) is 0 Å². The highest BCUT2D eigenvalue weighted by atomic mass is 35.5. The zero-order chi connectivity index (χ0) is 12.8. The van der Waals surface area contributed by atoms with Crippen molar-refractivity contribution in [3.63, 3.8) is 0 Å². The molecule has 1 saturated heterocycles. The minimum Gasteiger partial charge on any atom is -0.376 e. The summed E-state index contributed by atoms with van der Waals surface area (Å²) >= 11 is 0. The molecule has 19 heavy (non-hydrogen) atoms. The maximum absolute atomic E-state index is 11.8. The molecule has 0 aromatic heterocycles. The molecule has 1 aliphatic rings. The van der Waals surface area contributed by atoms with Gasteiger partial charge in [-0.25, -0.2) is 0 Å². The average Bonchev–Trinajstić information content (AvgIpc) is 2.90. The molecule has 0 bridgehead atoms. The van der Waals surface area contributed by atoms with Gasteiger partial charge in [-0.1, -0.05) is 30.3 Å². The highest BCUT2D eigenvalue weighted by molar-refractivity contribution is 5.85. The number of hydrogen-bond acceptors (Lipinski definition) is 3. The summed E-state index contributed by atoms with van der Waals surface area (Å²) in [7, 11) is 0. The summed E-state index contributed by atoms with van der Waals surface area (Å²) in [4.78, 5) is 11.8. The lowest BCUT2D eigenvalue weighted by Crippen LogP contribution is -2.44. The van der Waals surface area contributed by atoms with Gasteiger partial charge in [0.25, 0.3) is 0 Å². The van der Waals surface area contributed by atoms with E-state index in [9.17, 15) is 4.79 Å². The molecule has 106 valence electrons. The molecule has 4 nitrogen and oxygen atoms in total. The molecular weight excluding hydrogens is 264 g/mol. The van der Waals surface area contributed by atoms with Gasteiger partial charge in [-0.3, -0.25) is 4.79 Å². The van der Waals surface area contributed by atoms with Crippen molar-refractivity contribution in [1.82, 2.24) is 5.32 Å². The van der Waals surface area contributed by atoms with Gasteiger partial charge in [0.1, 0.15) is 0 Å². The SMILES string of the molecule is Cl.NC(Cc1ccccc1)C(=O)NCC1CCCO1. The number of nitrogens with two attached hydrogens (primary N) is 1. The quantitative estimate of drug-likeness (QED) is 0.856. The lowest BCUT2D eigenvalue weighted by Gasteiger charge is -2.15. The number of rotatable bonds is 5. The summed E-state index contributed by atoms with van der Waals surface area (Å²) in [5.41, 5.74) is 6.96. The van der Waals surface area contributed by atoms with Gasteiger partial charge >= 0.3 is 0 Å². The van der Waals surface area contributed by atoms with Gasteiger partial charge in [0, 0.05) is 13.2 Å². The molecule has 0 aliphatic carbocycles. The van der Waals surface area contributed by atoms with Crippen LogP contribution in [0.25, 0.3) is 0 Å². The van der Waals surface area contributed by atoms with E-state index < -0.39 is 6.04 Å². The third kappa shape index (κ3) is 5.19. The number of halogens is 1. The highest BCUT2D eigenvalue weighted by Gasteiger charge is 2.18. The van der Waals surface area contributed by atoms with Crippen molar-refractivity contribution < 1.29 is 9.53 Å². The van der Waals surface area contributed by atoms with Gasteiger partial charge in [-0.05, 0) is 24.8 Å². The smallest absolute Gasteiger partial charge is 0.237 e. The molecule has 0 spiro atoms. The van der Waals surface area contributed by atoms with Gasteiger partial charge in [-0.15, -0.1) is 12.4 Å². The molecule has 2 rings (SSSR count). The Labute approximate surface area is 120 Å². The number of benzene rings is 1. The fourth-order valence-electron chi connectivity index (χ4n) is 2.11. The molecule has 3 N–H and O–H groups in total. The second-order valence-electron chi connectivity index (χ2n) is 4.68. The van der Waals surface area contributed by atoms with Gasteiger partial charge < -0.3 is 15.8 Å². The Hall–Kier alpha value is -1.10. The van der Waals surface area contributed by atoms with E-state index in [0.717, 1.165) is 25.0 Å². The van der Waals surface area contributed by atoms with E-state index in [0.29, 0.717) is 13.0 Å². The van der Waals surface area contributed by atoms with Crippen molar-refractivity contribution in [3.05, 3.63) is 35.9 Å². The van der Waals surface area contributed by atoms with E-state index in [1.54, 1.807) is 0 Å². The first-order valence-electron chi connectivity index (χ1n) is 6.44. The van der Waals surface area contributed by atoms with E-state index in [1.807, 2.05) is 30.3 Å². The van der Waals surface area contributed by atoms with Gasteiger partial charge in [0.05, 0.1) is 12.1 Å². The molecule has 2 unspecified atom stereocenters. The second-order valence-corrected chi connectivity index (χ2v) is 4.68. The first-order chi connectivity index (χ1) is 8.75. The molecule has 0 radical (unpaired) electrons. The fourth-order valence-corrected chi connectivity index (χ4v) is 2.11. The third-order valence-electron chi connectivity index (χ3n) is 3.16. The predicted octanol–water partition coefficient (Wildman–Crippen LogP) is 1.27. The largest absolute Gasteiger partial charge is 0.376 e. The van der Waals surface area contributed by atoms with Crippen LogP contribution in [0.3, 0.4) is 0 Å². The third-order valence-corrected chi connectivity index (χ3v) is 3.16. The fraction of sp³-hybridized carbons (Fsp3) is 0.500. The standard InChI is InChI=1S/C14H20N2O2.ClH/c15-13(9-11-5-2-1-3-6-11)14(17)16-10-12-7-4-8-18-12;/h1-3,5-6,12-13H,4,7-10,15H2,(H,16,17);1H. The zero-order valence-corrected chi connectivity index (χ0v) is 11.7. The van der Waals surface area contributed by atoms with Crippen molar-refractivity contribution in [2.75, 3.05) is 13.2 Å². The van der Waals surface area contributed by atoms with E-state index in [-0.39, 0.29) is 24.4 Å². The Morgan fingerprint density at radius 1 is 1.42 bits per heavy atom. The van der Waals surface area contributed by atoms with Crippen molar-refractivity contribution in [2.45, 2.75) is 31.4 Å². The van der Waals surface area contributed by atoms with Gasteiger partial charge in [0.15, 0.2) is 0 Å². The molecule has 1 amide bonds. The average molecular weight is 285 g/mol. The van der Waals surface area contributed by atoms with Crippen LogP contribution < -0.4 is 11.1 Å². The Morgan fingerprint density at radius 3 is 2.79 bits per heavy atom. The predicted molar refractivity (Wildman–Crippen MR) is 77.4 cm³/mol. The molecule has 1 heterocycles. The normalized spacial score (nSPS) is 19.5. The number of hydrogen-bond donors (Lipinski definition) is 2. The van der Waals surface area contributed by atoms with Crippen LogP contribution in [-0.2, 0) is 16.0 Å². The molecular formula is C14H21ClN2O2. The van der Waals surface area contributed by atoms with Crippen LogP contribution in [0.4, 0.5) is 0 Å². The maximum Gasteiger partial charge on any atom is 0.237 e. The van der Waals surface area contributed by atoms with E-state index >= 15 is 0 Å². The van der Waals surface area contributed by atoms with Crippen LogP contribution in [-0.4, -0.2) is 31.2 Å². The Morgan fingerprint density at radius 2 is 2.16 bits per heavy atom. The van der Waals surface area contributed by atoms with Crippen molar-refractivity contribution >= 4 is 18.3 Å².